The van der Waals surface area contributed by atoms with Crippen molar-refractivity contribution in [3.63, 3.8) is 0 Å². The van der Waals surface area contributed by atoms with Gasteiger partial charge in [0.15, 0.2) is 11.5 Å². The van der Waals surface area contributed by atoms with E-state index in [9.17, 15) is 4.79 Å². The molecule has 9 nitrogen and oxygen atoms in total. The lowest BCUT2D eigenvalue weighted by molar-refractivity contribution is 0.0919. The minimum Gasteiger partial charge on any atom is -0.354 e. The summed E-state index contributed by atoms with van der Waals surface area (Å²) >= 11 is 0. The van der Waals surface area contributed by atoms with Crippen LogP contribution in [0.2, 0.25) is 0 Å². The van der Waals surface area contributed by atoms with Crippen molar-refractivity contribution in [1.82, 2.24) is 35.1 Å². The van der Waals surface area contributed by atoms with Crippen molar-refractivity contribution in [2.75, 3.05) is 24.5 Å². The Balaban J connectivity index is 1.34. The number of nitrogens with zero attached hydrogens (tertiary/aromatic N) is 7. The summed E-state index contributed by atoms with van der Waals surface area (Å²) in [6, 6.07) is 7.61. The number of fused-ring (bicyclic) bond motifs is 2. The van der Waals surface area contributed by atoms with Gasteiger partial charge in [-0.1, -0.05) is 6.42 Å². The molecule has 0 unspecified atom stereocenters. The predicted octanol–water partition coefficient (Wildman–Crippen LogP) is 0.894. The van der Waals surface area contributed by atoms with Gasteiger partial charge < -0.3 is 14.8 Å². The lowest BCUT2D eigenvalue weighted by Gasteiger charge is -2.29. The highest BCUT2D eigenvalue weighted by Crippen LogP contribution is 2.49. The fourth-order valence-corrected chi connectivity index (χ4v) is 4.73. The molecule has 1 saturated heterocycles. The third kappa shape index (κ3) is 2.65. The number of amides is 1. The molecule has 0 spiro atoms. The molecule has 1 aliphatic carbocycles. The molecule has 3 aromatic heterocycles. The number of aryl methyl sites for hydroxylation is 1. The predicted molar refractivity (Wildman–Crippen MR) is 98.3 cm³/mol. The number of rotatable bonds is 4. The Kier molecular flexibility index (Phi) is 3.63. The van der Waals surface area contributed by atoms with Crippen LogP contribution in [0.1, 0.15) is 29.8 Å². The van der Waals surface area contributed by atoms with Gasteiger partial charge in [0.05, 0.1) is 0 Å². The molecule has 1 saturated carbocycles. The molecule has 1 N–H and O–H groups in total. The van der Waals surface area contributed by atoms with Gasteiger partial charge in [0.2, 0.25) is 0 Å². The molecule has 0 aromatic carbocycles. The average molecular weight is 366 g/mol. The van der Waals surface area contributed by atoms with Crippen molar-refractivity contribution in [3.05, 3.63) is 36.2 Å². The molecule has 2 fully saturated rings. The monoisotopic (exact) mass is 366 g/mol. The summed E-state index contributed by atoms with van der Waals surface area (Å²) < 4.78 is 3.32. The van der Waals surface area contributed by atoms with Crippen LogP contribution in [0.5, 0.6) is 0 Å². The maximum atomic E-state index is 12.6. The van der Waals surface area contributed by atoms with Gasteiger partial charge in [-0.05, 0) is 53.5 Å². The van der Waals surface area contributed by atoms with E-state index >= 15 is 0 Å². The van der Waals surface area contributed by atoms with Gasteiger partial charge in [0, 0.05) is 38.3 Å². The molecule has 2 atom stereocenters. The lowest BCUT2D eigenvalue weighted by atomic mass is 9.80. The van der Waals surface area contributed by atoms with E-state index in [0.29, 0.717) is 23.8 Å². The Morgan fingerprint density at radius 2 is 2.30 bits per heavy atom. The second kappa shape index (κ2) is 6.04. The van der Waals surface area contributed by atoms with Crippen molar-refractivity contribution in [2.45, 2.75) is 19.3 Å². The van der Waals surface area contributed by atoms with Crippen LogP contribution in [-0.4, -0.2) is 55.4 Å². The molecule has 4 heterocycles. The van der Waals surface area contributed by atoms with E-state index in [1.54, 1.807) is 0 Å². The Morgan fingerprint density at radius 3 is 3.15 bits per heavy atom. The number of nitrogens with one attached hydrogen (secondary N) is 1. The molecular weight excluding hydrogens is 344 g/mol. The largest absolute Gasteiger partial charge is 0.354 e. The van der Waals surface area contributed by atoms with Gasteiger partial charge >= 0.3 is 0 Å². The number of anilines is 1. The van der Waals surface area contributed by atoms with Gasteiger partial charge in [-0.25, -0.2) is 0 Å². The third-order valence-corrected chi connectivity index (χ3v) is 6.20. The van der Waals surface area contributed by atoms with Crippen LogP contribution < -0.4 is 10.2 Å². The van der Waals surface area contributed by atoms with Gasteiger partial charge in [-0.15, -0.1) is 14.8 Å². The van der Waals surface area contributed by atoms with Crippen LogP contribution in [0.25, 0.3) is 5.65 Å². The summed E-state index contributed by atoms with van der Waals surface area (Å²) in [5.41, 5.74) is 1.45. The first-order valence-corrected chi connectivity index (χ1v) is 9.35. The number of tetrazole rings is 1. The van der Waals surface area contributed by atoms with Crippen molar-refractivity contribution < 1.29 is 4.79 Å². The molecule has 9 heteroatoms. The highest BCUT2D eigenvalue weighted by Gasteiger charge is 2.49. The van der Waals surface area contributed by atoms with Gasteiger partial charge in [0.1, 0.15) is 5.69 Å². The number of aromatic nitrogens is 6. The summed E-state index contributed by atoms with van der Waals surface area (Å²) in [4.78, 5) is 14.9. The molecule has 140 valence electrons. The van der Waals surface area contributed by atoms with Gasteiger partial charge in [-0.3, -0.25) is 4.79 Å². The Bertz CT molecular complexity index is 994. The number of hydrogen-bond acceptors (Lipinski definition) is 6. The summed E-state index contributed by atoms with van der Waals surface area (Å²) in [6.45, 7) is 2.55. The number of hydrogen-bond donors (Lipinski definition) is 1. The summed E-state index contributed by atoms with van der Waals surface area (Å²) in [7, 11) is 1.89. The zero-order chi connectivity index (χ0) is 18.4. The fourth-order valence-electron chi connectivity index (χ4n) is 4.73. The molecule has 1 aliphatic heterocycles. The zero-order valence-electron chi connectivity index (χ0n) is 15.2. The fraction of sp³-hybridized carbons (Fsp3) is 0.500. The molecule has 2 aliphatic rings. The molecule has 0 bridgehead atoms. The molecule has 1 amide bonds. The van der Waals surface area contributed by atoms with Crippen LogP contribution in [0.4, 0.5) is 5.82 Å². The van der Waals surface area contributed by atoms with Crippen molar-refractivity contribution in [2.24, 2.45) is 18.4 Å². The third-order valence-electron chi connectivity index (χ3n) is 6.20. The molecule has 3 aromatic rings. The van der Waals surface area contributed by atoms with E-state index < -0.39 is 0 Å². The molecule has 27 heavy (non-hydrogen) atoms. The summed E-state index contributed by atoms with van der Waals surface area (Å²) in [5.74, 6) is 1.45. The highest BCUT2D eigenvalue weighted by atomic mass is 16.1. The van der Waals surface area contributed by atoms with Crippen molar-refractivity contribution >= 4 is 17.4 Å². The first-order chi connectivity index (χ1) is 13.1. The zero-order valence-corrected chi connectivity index (χ0v) is 15.2. The second-order valence-corrected chi connectivity index (χ2v) is 7.74. The first kappa shape index (κ1) is 16.2. The minimum absolute atomic E-state index is 0.00536. The number of carbonyl (C=O) groups is 1. The van der Waals surface area contributed by atoms with Crippen LogP contribution in [0.3, 0.4) is 0 Å². The van der Waals surface area contributed by atoms with Crippen LogP contribution in [-0.2, 0) is 7.05 Å². The average Bonchev–Trinajstić information content (AvgIpc) is 3.41. The van der Waals surface area contributed by atoms with E-state index in [0.717, 1.165) is 25.3 Å². The standard InChI is InChI=1S/C18H22N8O/c1-24-9-3-5-14(24)17(27)19-11-18-8-2-4-13(18)10-25(12-18)16-7-6-15-20-22-23-26(15)21-16/h3,5-7,9,13H,2,4,8,10-12H2,1H3,(H,19,27)/t13-,18-/m0/s1. The van der Waals surface area contributed by atoms with E-state index in [2.05, 4.69) is 30.8 Å². The minimum atomic E-state index is -0.00536. The normalized spacial score (nSPS) is 24.5. The molecular formula is C18H22N8O. The van der Waals surface area contributed by atoms with E-state index in [-0.39, 0.29) is 11.3 Å². The van der Waals surface area contributed by atoms with Crippen LogP contribution in [0.15, 0.2) is 30.5 Å². The highest BCUT2D eigenvalue weighted by molar-refractivity contribution is 5.92. The van der Waals surface area contributed by atoms with Gasteiger partial charge in [-0.2, -0.15) is 0 Å². The topological polar surface area (TPSA) is 93.2 Å². The second-order valence-electron chi connectivity index (χ2n) is 7.74. The maximum Gasteiger partial charge on any atom is 0.267 e. The maximum absolute atomic E-state index is 12.6. The summed E-state index contributed by atoms with van der Waals surface area (Å²) in [5, 5.41) is 19.2. The number of carbonyl (C=O) groups excluding carboxylic acids is 1. The Hall–Kier alpha value is -2.97. The molecule has 5 rings (SSSR count). The Labute approximate surface area is 156 Å². The van der Waals surface area contributed by atoms with E-state index in [4.69, 9.17) is 0 Å². The Morgan fingerprint density at radius 1 is 1.37 bits per heavy atom. The van der Waals surface area contributed by atoms with Crippen LogP contribution in [0, 0.1) is 11.3 Å². The summed E-state index contributed by atoms with van der Waals surface area (Å²) in [6.07, 6.45) is 5.44. The quantitative estimate of drug-likeness (QED) is 0.737. The smallest absolute Gasteiger partial charge is 0.267 e. The van der Waals surface area contributed by atoms with Gasteiger partial charge in [0.25, 0.3) is 5.91 Å². The first-order valence-electron chi connectivity index (χ1n) is 9.35. The van der Waals surface area contributed by atoms with Crippen LogP contribution >= 0.6 is 0 Å². The van der Waals surface area contributed by atoms with Crippen molar-refractivity contribution in [1.29, 1.82) is 0 Å². The lowest BCUT2D eigenvalue weighted by Crippen LogP contribution is -2.41. The van der Waals surface area contributed by atoms with Crippen molar-refractivity contribution in [3.8, 4) is 0 Å². The SMILES string of the molecule is Cn1cccc1C(=O)NC[C@]12CCC[C@H]1CN(c1ccc3nnnn3n1)C2. The molecule has 0 radical (unpaired) electrons. The van der Waals surface area contributed by atoms with E-state index in [1.807, 2.05) is 42.1 Å². The van der Waals surface area contributed by atoms with E-state index in [1.165, 1.54) is 17.5 Å².